The lowest BCUT2D eigenvalue weighted by Gasteiger charge is -2.19. The first-order valence-corrected chi connectivity index (χ1v) is 6.15. The van der Waals surface area contributed by atoms with Crippen LogP contribution < -0.4 is 16.4 Å². The largest absolute Gasteiger partial charge is 0.480 e. The minimum absolute atomic E-state index is 0.254. The summed E-state index contributed by atoms with van der Waals surface area (Å²) in [7, 11) is 0. The molecule has 0 aromatic rings. The fourth-order valence-electron chi connectivity index (χ4n) is 1.45. The number of likely N-dealkylation sites (N-methyl/N-ethyl adjacent to an activating group) is 1. The zero-order chi connectivity index (χ0) is 15.7. The Hall–Kier alpha value is -2.32. The Morgan fingerprint density at radius 3 is 2.15 bits per heavy atom. The normalized spacial score (nSPS) is 11.3. The summed E-state index contributed by atoms with van der Waals surface area (Å²) < 4.78 is 0. The highest BCUT2D eigenvalue weighted by Crippen LogP contribution is 1.92. The van der Waals surface area contributed by atoms with Gasteiger partial charge in [-0.1, -0.05) is 0 Å². The van der Waals surface area contributed by atoms with Crippen molar-refractivity contribution in [3.05, 3.63) is 0 Å². The van der Waals surface area contributed by atoms with Gasteiger partial charge in [0.05, 0.1) is 13.0 Å². The zero-order valence-corrected chi connectivity index (χ0v) is 11.5. The van der Waals surface area contributed by atoms with E-state index in [2.05, 4.69) is 10.6 Å². The molecule has 5 N–H and O–H groups in total. The molecule has 20 heavy (non-hydrogen) atoms. The topological polar surface area (TPSA) is 142 Å². The first-order chi connectivity index (χ1) is 9.31. The number of hydrogen-bond donors (Lipinski definition) is 4. The molecule has 0 aliphatic heterocycles. The van der Waals surface area contributed by atoms with Crippen LogP contribution in [-0.2, 0) is 14.4 Å². The first-order valence-electron chi connectivity index (χ1n) is 6.15. The monoisotopic (exact) mass is 288 g/mol. The Labute approximate surface area is 116 Å². The van der Waals surface area contributed by atoms with Gasteiger partial charge >= 0.3 is 12.0 Å². The smallest absolute Gasteiger partial charge is 0.326 e. The third kappa shape index (κ3) is 6.57. The summed E-state index contributed by atoms with van der Waals surface area (Å²) in [6.45, 7) is 4.37. The van der Waals surface area contributed by atoms with Crippen molar-refractivity contribution in [2.45, 2.75) is 26.3 Å². The predicted molar refractivity (Wildman–Crippen MR) is 69.7 cm³/mol. The lowest BCUT2D eigenvalue weighted by Crippen LogP contribution is -2.50. The number of carboxylic acids is 1. The molecular weight excluding hydrogens is 268 g/mol. The number of nitrogens with two attached hydrogens (primary N) is 1. The van der Waals surface area contributed by atoms with Gasteiger partial charge in [-0.15, -0.1) is 0 Å². The van der Waals surface area contributed by atoms with E-state index in [1.807, 2.05) is 0 Å². The second kappa shape index (κ2) is 8.73. The fourth-order valence-corrected chi connectivity index (χ4v) is 1.45. The molecule has 0 aliphatic carbocycles. The van der Waals surface area contributed by atoms with E-state index in [0.29, 0.717) is 13.1 Å². The molecule has 0 heterocycles. The predicted octanol–water partition coefficient (Wildman–Crippen LogP) is -1.52. The van der Waals surface area contributed by atoms with E-state index < -0.39 is 30.4 Å². The Kier molecular flexibility index (Phi) is 7.71. The number of amides is 4. The molecular formula is C11H20N4O5. The lowest BCUT2D eigenvalue weighted by molar-refractivity contribution is -0.140. The van der Waals surface area contributed by atoms with Gasteiger partial charge in [-0.25, -0.2) is 9.59 Å². The summed E-state index contributed by atoms with van der Waals surface area (Å²) in [6.07, 6.45) is -0.521. The van der Waals surface area contributed by atoms with Gasteiger partial charge in [0, 0.05) is 13.1 Å². The van der Waals surface area contributed by atoms with Gasteiger partial charge in [0.15, 0.2) is 0 Å². The summed E-state index contributed by atoms with van der Waals surface area (Å²) >= 11 is 0. The van der Waals surface area contributed by atoms with E-state index in [1.165, 1.54) is 4.90 Å². The Balaban J connectivity index is 4.30. The molecule has 0 aromatic carbocycles. The minimum Gasteiger partial charge on any atom is -0.480 e. The van der Waals surface area contributed by atoms with E-state index in [0.717, 1.165) is 0 Å². The number of nitrogens with one attached hydrogen (secondary N) is 2. The van der Waals surface area contributed by atoms with E-state index in [1.54, 1.807) is 13.8 Å². The van der Waals surface area contributed by atoms with Crippen LogP contribution in [0.5, 0.6) is 0 Å². The highest BCUT2D eigenvalue weighted by atomic mass is 16.4. The molecule has 0 spiro atoms. The van der Waals surface area contributed by atoms with Crippen molar-refractivity contribution in [3.63, 3.8) is 0 Å². The lowest BCUT2D eigenvalue weighted by atomic mass is 10.2. The zero-order valence-electron chi connectivity index (χ0n) is 11.5. The summed E-state index contributed by atoms with van der Waals surface area (Å²) in [5.74, 6) is -2.52. The number of hydrogen-bond acceptors (Lipinski definition) is 4. The third-order valence-electron chi connectivity index (χ3n) is 2.53. The molecule has 0 saturated carbocycles. The summed E-state index contributed by atoms with van der Waals surface area (Å²) in [6, 6.07) is -2.27. The van der Waals surface area contributed by atoms with E-state index in [4.69, 9.17) is 10.8 Å². The van der Waals surface area contributed by atoms with Gasteiger partial charge in [0.2, 0.25) is 11.8 Å². The van der Waals surface area contributed by atoms with Crippen LogP contribution in [0.4, 0.5) is 4.79 Å². The molecule has 1 unspecified atom stereocenters. The van der Waals surface area contributed by atoms with Crippen LogP contribution in [0.1, 0.15) is 20.3 Å². The number of urea groups is 1. The maximum absolute atomic E-state index is 11.6. The van der Waals surface area contributed by atoms with Crippen LogP contribution in [0.25, 0.3) is 0 Å². The number of carbonyl (C=O) groups is 4. The molecule has 0 rings (SSSR count). The highest BCUT2D eigenvalue weighted by molar-refractivity contribution is 5.89. The van der Waals surface area contributed by atoms with Crippen molar-refractivity contribution in [3.8, 4) is 0 Å². The van der Waals surface area contributed by atoms with Crippen LogP contribution in [0.3, 0.4) is 0 Å². The van der Waals surface area contributed by atoms with Crippen LogP contribution in [0.2, 0.25) is 0 Å². The van der Waals surface area contributed by atoms with Crippen LogP contribution in [0, 0.1) is 0 Å². The quantitative estimate of drug-likeness (QED) is 0.429. The maximum atomic E-state index is 11.6. The fraction of sp³-hybridized carbons (Fsp3) is 0.636. The molecule has 114 valence electrons. The summed E-state index contributed by atoms with van der Waals surface area (Å²) in [5, 5.41) is 13.1. The van der Waals surface area contributed by atoms with Gasteiger partial charge in [0.25, 0.3) is 0 Å². The summed E-state index contributed by atoms with van der Waals surface area (Å²) in [4.78, 5) is 46.0. The molecule has 9 heteroatoms. The molecule has 0 radical (unpaired) electrons. The van der Waals surface area contributed by atoms with Crippen molar-refractivity contribution in [1.29, 1.82) is 0 Å². The van der Waals surface area contributed by atoms with Crippen molar-refractivity contribution in [2.24, 2.45) is 5.73 Å². The Morgan fingerprint density at radius 2 is 1.75 bits per heavy atom. The van der Waals surface area contributed by atoms with Gasteiger partial charge in [-0.3, -0.25) is 9.59 Å². The van der Waals surface area contributed by atoms with E-state index in [-0.39, 0.29) is 12.5 Å². The van der Waals surface area contributed by atoms with Crippen molar-refractivity contribution in [2.75, 3.05) is 19.6 Å². The Bertz CT molecular complexity index is 381. The molecule has 1 atom stereocenters. The third-order valence-corrected chi connectivity index (χ3v) is 2.53. The maximum Gasteiger partial charge on any atom is 0.326 e. The van der Waals surface area contributed by atoms with E-state index >= 15 is 0 Å². The van der Waals surface area contributed by atoms with Crippen LogP contribution in [-0.4, -0.2) is 59.5 Å². The minimum atomic E-state index is -1.42. The van der Waals surface area contributed by atoms with Gasteiger partial charge in [-0.05, 0) is 13.8 Å². The number of primary amides is 1. The number of aliphatic carboxylic acids is 1. The molecule has 0 aromatic heterocycles. The van der Waals surface area contributed by atoms with Crippen molar-refractivity contribution < 1.29 is 24.3 Å². The van der Waals surface area contributed by atoms with Gasteiger partial charge in [-0.2, -0.15) is 0 Å². The Morgan fingerprint density at radius 1 is 1.20 bits per heavy atom. The van der Waals surface area contributed by atoms with Crippen molar-refractivity contribution in [1.82, 2.24) is 15.5 Å². The second-order valence-electron chi connectivity index (χ2n) is 3.95. The average Bonchev–Trinajstić information content (AvgIpc) is 2.36. The molecule has 9 nitrogen and oxygen atoms in total. The molecule has 0 aliphatic rings. The number of nitrogens with zero attached hydrogens (tertiary/aromatic N) is 1. The van der Waals surface area contributed by atoms with Crippen LogP contribution in [0.15, 0.2) is 0 Å². The SMILES string of the molecule is CCN(CC)C(=O)CNC(=O)NC(CC(N)=O)C(=O)O. The summed E-state index contributed by atoms with van der Waals surface area (Å²) in [5.41, 5.74) is 4.87. The van der Waals surface area contributed by atoms with Gasteiger partial charge in [0.1, 0.15) is 6.04 Å². The first kappa shape index (κ1) is 17.7. The molecule has 0 saturated heterocycles. The number of carboxylic acid groups (broad SMARTS) is 1. The van der Waals surface area contributed by atoms with E-state index in [9.17, 15) is 19.2 Å². The van der Waals surface area contributed by atoms with Crippen molar-refractivity contribution >= 4 is 23.8 Å². The molecule has 0 fully saturated rings. The van der Waals surface area contributed by atoms with Gasteiger partial charge < -0.3 is 26.4 Å². The molecule has 4 amide bonds. The average molecular weight is 288 g/mol. The second-order valence-corrected chi connectivity index (χ2v) is 3.95. The standard InChI is InChI=1S/C11H20N4O5/c1-3-15(4-2)9(17)6-13-11(20)14-7(10(18)19)5-8(12)16/h7H,3-6H2,1-2H3,(H2,12,16)(H,18,19)(H2,13,14,20). The highest BCUT2D eigenvalue weighted by Gasteiger charge is 2.22. The number of rotatable bonds is 8. The van der Waals surface area contributed by atoms with Crippen LogP contribution >= 0.6 is 0 Å². The molecule has 0 bridgehead atoms. The number of carbonyl (C=O) groups excluding carboxylic acids is 3.